The van der Waals surface area contributed by atoms with Gasteiger partial charge >= 0.3 is 0 Å². The van der Waals surface area contributed by atoms with E-state index in [1.807, 2.05) is 6.07 Å². The minimum atomic E-state index is 0.496. The molecule has 2 aromatic carbocycles. The van der Waals surface area contributed by atoms with Crippen molar-refractivity contribution in [3.63, 3.8) is 0 Å². The molecule has 134 valence electrons. The average Bonchev–Trinajstić information content (AvgIpc) is 2.65. The minimum Gasteiger partial charge on any atom is -0.382 e. The van der Waals surface area contributed by atoms with Crippen molar-refractivity contribution in [1.29, 1.82) is 0 Å². The molecule has 0 unspecified atom stereocenters. The molecule has 0 heterocycles. The summed E-state index contributed by atoms with van der Waals surface area (Å²) in [5, 5.41) is 7.17. The summed E-state index contributed by atoms with van der Waals surface area (Å²) in [7, 11) is 0. The van der Waals surface area contributed by atoms with E-state index in [9.17, 15) is 0 Å². The number of rotatable bonds is 6. The molecule has 1 saturated carbocycles. The van der Waals surface area contributed by atoms with Gasteiger partial charge in [-0.15, -0.1) is 0 Å². The summed E-state index contributed by atoms with van der Waals surface area (Å²) >= 11 is 0. The Balaban J connectivity index is 1.51. The molecule has 0 bridgehead atoms. The first-order valence-corrected chi connectivity index (χ1v) is 9.75. The number of anilines is 3. The molecule has 0 radical (unpaired) electrons. The molecule has 0 saturated heterocycles. The number of nitrogens with one attached hydrogen (secondary N) is 2. The Bertz CT molecular complexity index is 638. The molecule has 2 nitrogen and oxygen atoms in total. The molecule has 0 atom stereocenters. The number of hydrogen-bond acceptors (Lipinski definition) is 2. The highest BCUT2D eigenvalue weighted by atomic mass is 14.9. The summed E-state index contributed by atoms with van der Waals surface area (Å²) in [6.07, 6.45) is 6.57. The van der Waals surface area contributed by atoms with Crippen molar-refractivity contribution in [3.05, 3.63) is 54.6 Å². The molecule has 3 rings (SSSR count). The van der Waals surface area contributed by atoms with Crippen molar-refractivity contribution in [2.24, 2.45) is 11.3 Å². The fourth-order valence-corrected chi connectivity index (χ4v) is 3.88. The Morgan fingerprint density at radius 3 is 1.96 bits per heavy atom. The van der Waals surface area contributed by atoms with Gasteiger partial charge < -0.3 is 10.6 Å². The molecular weight excluding hydrogens is 304 g/mol. The van der Waals surface area contributed by atoms with Crippen molar-refractivity contribution in [3.8, 4) is 0 Å². The molecule has 0 amide bonds. The highest BCUT2D eigenvalue weighted by molar-refractivity contribution is 5.62. The van der Waals surface area contributed by atoms with Crippen molar-refractivity contribution in [2.45, 2.75) is 58.9 Å². The Hall–Kier alpha value is -1.96. The van der Waals surface area contributed by atoms with Crippen LogP contribution in [0.3, 0.4) is 0 Å². The number of hydrogen-bond donors (Lipinski definition) is 2. The topological polar surface area (TPSA) is 24.1 Å². The first-order chi connectivity index (χ1) is 12.1. The van der Waals surface area contributed by atoms with Crippen LogP contribution in [0.1, 0.15) is 52.9 Å². The molecule has 0 aliphatic heterocycles. The number of para-hydroxylation sites is 1. The second kappa shape index (κ2) is 7.95. The summed E-state index contributed by atoms with van der Waals surface area (Å²) in [6, 6.07) is 19.6. The number of benzene rings is 2. The zero-order valence-corrected chi connectivity index (χ0v) is 15.9. The first-order valence-electron chi connectivity index (χ1n) is 9.75. The van der Waals surface area contributed by atoms with Crippen LogP contribution in [0.5, 0.6) is 0 Å². The lowest BCUT2D eigenvalue weighted by molar-refractivity contribution is 0.147. The van der Waals surface area contributed by atoms with Crippen LogP contribution in [0.4, 0.5) is 17.1 Å². The molecule has 2 heteroatoms. The quantitative estimate of drug-likeness (QED) is 0.603. The van der Waals surface area contributed by atoms with Gasteiger partial charge in [0.25, 0.3) is 0 Å². The maximum absolute atomic E-state index is 3.73. The second-order valence-electron chi connectivity index (χ2n) is 8.10. The van der Waals surface area contributed by atoms with Crippen LogP contribution in [-0.2, 0) is 0 Å². The van der Waals surface area contributed by atoms with E-state index in [-0.39, 0.29) is 0 Å². The Morgan fingerprint density at radius 1 is 0.800 bits per heavy atom. The largest absolute Gasteiger partial charge is 0.382 e. The van der Waals surface area contributed by atoms with Crippen LogP contribution in [0.25, 0.3) is 0 Å². The van der Waals surface area contributed by atoms with E-state index in [2.05, 4.69) is 79.9 Å². The molecule has 2 N–H and O–H groups in total. The van der Waals surface area contributed by atoms with E-state index in [4.69, 9.17) is 0 Å². The van der Waals surface area contributed by atoms with Gasteiger partial charge in [-0.2, -0.15) is 0 Å². The fourth-order valence-electron chi connectivity index (χ4n) is 3.88. The SMILES string of the molecule is CCC(C)(C)C1CCC(Nc2ccc(Nc3ccccc3)cc2)CC1. The van der Waals surface area contributed by atoms with Crippen LogP contribution in [0, 0.1) is 11.3 Å². The van der Waals surface area contributed by atoms with Crippen LogP contribution in [0.15, 0.2) is 54.6 Å². The maximum atomic E-state index is 3.73. The molecule has 25 heavy (non-hydrogen) atoms. The maximum Gasteiger partial charge on any atom is 0.0385 e. The average molecular weight is 337 g/mol. The van der Waals surface area contributed by atoms with Gasteiger partial charge in [0.1, 0.15) is 0 Å². The third kappa shape index (κ3) is 4.78. The Labute approximate surface area is 153 Å². The van der Waals surface area contributed by atoms with E-state index in [1.54, 1.807) is 0 Å². The molecular formula is C23H32N2. The van der Waals surface area contributed by atoms with E-state index in [0.717, 1.165) is 17.3 Å². The van der Waals surface area contributed by atoms with Gasteiger partial charge in [0, 0.05) is 23.1 Å². The third-order valence-corrected chi connectivity index (χ3v) is 6.06. The standard InChI is InChI=1S/C23H32N2/c1-4-23(2,3)18-10-12-20(13-11-18)25-22-16-14-21(15-17-22)24-19-8-6-5-7-9-19/h5-9,14-18,20,24-25H,4,10-13H2,1-3H3. The van der Waals surface area contributed by atoms with Crippen LogP contribution < -0.4 is 10.6 Å². The smallest absolute Gasteiger partial charge is 0.0385 e. The minimum absolute atomic E-state index is 0.496. The summed E-state index contributed by atoms with van der Waals surface area (Å²) in [5.41, 5.74) is 3.98. The summed E-state index contributed by atoms with van der Waals surface area (Å²) < 4.78 is 0. The van der Waals surface area contributed by atoms with Crippen LogP contribution in [0.2, 0.25) is 0 Å². The van der Waals surface area contributed by atoms with Crippen LogP contribution >= 0.6 is 0 Å². The zero-order valence-electron chi connectivity index (χ0n) is 15.9. The Morgan fingerprint density at radius 2 is 1.36 bits per heavy atom. The summed E-state index contributed by atoms with van der Waals surface area (Å²) in [6.45, 7) is 7.20. The van der Waals surface area contributed by atoms with Gasteiger partial charge in [-0.05, 0) is 73.4 Å². The van der Waals surface area contributed by atoms with Gasteiger partial charge in [0.2, 0.25) is 0 Å². The van der Waals surface area contributed by atoms with Gasteiger partial charge in [0.15, 0.2) is 0 Å². The van der Waals surface area contributed by atoms with Crippen molar-refractivity contribution in [1.82, 2.24) is 0 Å². The molecule has 1 aliphatic carbocycles. The lowest BCUT2D eigenvalue weighted by atomic mass is 9.69. The molecule has 0 spiro atoms. The monoisotopic (exact) mass is 336 g/mol. The second-order valence-corrected chi connectivity index (χ2v) is 8.10. The predicted octanol–water partition coefficient (Wildman–Crippen LogP) is 6.84. The van der Waals surface area contributed by atoms with Crippen LogP contribution in [-0.4, -0.2) is 6.04 Å². The normalized spacial score (nSPS) is 20.9. The van der Waals surface area contributed by atoms with Crippen molar-refractivity contribution < 1.29 is 0 Å². The first kappa shape index (κ1) is 17.8. The van der Waals surface area contributed by atoms with Gasteiger partial charge in [-0.3, -0.25) is 0 Å². The molecule has 2 aromatic rings. The third-order valence-electron chi connectivity index (χ3n) is 6.06. The lowest BCUT2D eigenvalue weighted by Crippen LogP contribution is -2.32. The predicted molar refractivity (Wildman–Crippen MR) is 110 cm³/mol. The molecule has 1 aliphatic rings. The fraction of sp³-hybridized carbons (Fsp3) is 0.478. The van der Waals surface area contributed by atoms with Gasteiger partial charge in [-0.1, -0.05) is 45.4 Å². The molecule has 1 fully saturated rings. The van der Waals surface area contributed by atoms with E-state index in [0.29, 0.717) is 11.5 Å². The zero-order chi connectivity index (χ0) is 17.7. The lowest BCUT2D eigenvalue weighted by Gasteiger charge is -2.39. The van der Waals surface area contributed by atoms with E-state index >= 15 is 0 Å². The summed E-state index contributed by atoms with van der Waals surface area (Å²) in [5.74, 6) is 0.882. The highest BCUT2D eigenvalue weighted by Gasteiger charge is 2.31. The van der Waals surface area contributed by atoms with Gasteiger partial charge in [-0.25, -0.2) is 0 Å². The summed E-state index contributed by atoms with van der Waals surface area (Å²) in [4.78, 5) is 0. The van der Waals surface area contributed by atoms with E-state index in [1.165, 1.54) is 37.8 Å². The van der Waals surface area contributed by atoms with Crippen molar-refractivity contribution in [2.75, 3.05) is 10.6 Å². The van der Waals surface area contributed by atoms with E-state index < -0.39 is 0 Å². The highest BCUT2D eigenvalue weighted by Crippen LogP contribution is 2.40. The molecule has 0 aromatic heterocycles. The Kier molecular flexibility index (Phi) is 5.67. The van der Waals surface area contributed by atoms with Crippen molar-refractivity contribution >= 4 is 17.1 Å². The van der Waals surface area contributed by atoms with Gasteiger partial charge in [0.05, 0.1) is 0 Å².